The predicted molar refractivity (Wildman–Crippen MR) is 75.8 cm³/mol. The molecule has 3 nitrogen and oxygen atoms in total. The minimum atomic E-state index is 0.656. The van der Waals surface area contributed by atoms with Crippen molar-refractivity contribution in [3.8, 4) is 0 Å². The minimum absolute atomic E-state index is 0.656. The van der Waals surface area contributed by atoms with Gasteiger partial charge in [0.25, 0.3) is 0 Å². The van der Waals surface area contributed by atoms with E-state index in [-0.39, 0.29) is 0 Å². The fourth-order valence-electron chi connectivity index (χ4n) is 3.39. The van der Waals surface area contributed by atoms with Crippen LogP contribution in [-0.2, 0) is 4.74 Å². The van der Waals surface area contributed by atoms with Crippen LogP contribution in [0.2, 0.25) is 0 Å². The normalized spacial score (nSPS) is 27.2. The van der Waals surface area contributed by atoms with Crippen LogP contribution in [-0.4, -0.2) is 50.3 Å². The maximum atomic E-state index is 5.74. The largest absolute Gasteiger partial charge is 0.380 e. The van der Waals surface area contributed by atoms with E-state index in [9.17, 15) is 0 Å². The average molecular weight is 254 g/mol. The smallest absolute Gasteiger partial charge is 0.0593 e. The summed E-state index contributed by atoms with van der Waals surface area (Å²) in [4.78, 5) is 2.69. The lowest BCUT2D eigenvalue weighted by Gasteiger charge is -2.34. The van der Waals surface area contributed by atoms with E-state index in [1.807, 2.05) is 0 Å². The monoisotopic (exact) mass is 254 g/mol. The molecule has 0 spiro atoms. The fourth-order valence-corrected chi connectivity index (χ4v) is 3.39. The summed E-state index contributed by atoms with van der Waals surface area (Å²) in [5.41, 5.74) is 0. The molecule has 18 heavy (non-hydrogen) atoms. The van der Waals surface area contributed by atoms with Gasteiger partial charge in [0.15, 0.2) is 0 Å². The molecule has 2 saturated heterocycles. The van der Waals surface area contributed by atoms with Crippen LogP contribution in [0, 0.1) is 11.8 Å². The van der Waals surface area contributed by atoms with Crippen LogP contribution in [0.5, 0.6) is 0 Å². The summed E-state index contributed by atoms with van der Waals surface area (Å²) < 4.78 is 5.74. The number of nitrogens with one attached hydrogen (secondary N) is 1. The zero-order valence-electron chi connectivity index (χ0n) is 12.2. The van der Waals surface area contributed by atoms with Gasteiger partial charge in [0, 0.05) is 19.2 Å². The van der Waals surface area contributed by atoms with Crippen molar-refractivity contribution >= 4 is 0 Å². The maximum Gasteiger partial charge on any atom is 0.0593 e. The molecule has 2 heterocycles. The predicted octanol–water partition coefficient (Wildman–Crippen LogP) is 2.12. The SMILES string of the molecule is CC(C)COCCN1CCCC1C1CCNCC1. The second-order valence-corrected chi connectivity index (χ2v) is 6.30. The van der Waals surface area contributed by atoms with E-state index in [0.717, 1.165) is 31.7 Å². The lowest BCUT2D eigenvalue weighted by atomic mass is 9.89. The van der Waals surface area contributed by atoms with Crippen molar-refractivity contribution in [3.63, 3.8) is 0 Å². The van der Waals surface area contributed by atoms with Crippen LogP contribution in [0.3, 0.4) is 0 Å². The van der Waals surface area contributed by atoms with Gasteiger partial charge in [0.1, 0.15) is 0 Å². The van der Waals surface area contributed by atoms with Gasteiger partial charge in [0.2, 0.25) is 0 Å². The van der Waals surface area contributed by atoms with E-state index in [0.29, 0.717) is 5.92 Å². The van der Waals surface area contributed by atoms with Gasteiger partial charge in [-0.25, -0.2) is 0 Å². The third-order valence-corrected chi connectivity index (χ3v) is 4.32. The summed E-state index contributed by atoms with van der Waals surface area (Å²) in [6.45, 7) is 11.1. The molecular formula is C15H30N2O. The highest BCUT2D eigenvalue weighted by Gasteiger charge is 2.31. The van der Waals surface area contributed by atoms with Gasteiger partial charge in [-0.15, -0.1) is 0 Å². The second-order valence-electron chi connectivity index (χ2n) is 6.30. The average Bonchev–Trinajstić information content (AvgIpc) is 2.84. The number of likely N-dealkylation sites (tertiary alicyclic amines) is 1. The van der Waals surface area contributed by atoms with E-state index in [1.54, 1.807) is 0 Å². The second kappa shape index (κ2) is 7.46. The lowest BCUT2D eigenvalue weighted by molar-refractivity contribution is 0.0697. The molecule has 0 aliphatic carbocycles. The highest BCUT2D eigenvalue weighted by molar-refractivity contribution is 4.87. The molecule has 0 bridgehead atoms. The Labute approximate surface area is 112 Å². The Hall–Kier alpha value is -0.120. The summed E-state index contributed by atoms with van der Waals surface area (Å²) in [6.07, 6.45) is 5.54. The standard InChI is InChI=1S/C15H30N2O/c1-13(2)12-18-11-10-17-9-3-4-15(17)14-5-7-16-8-6-14/h13-16H,3-12H2,1-2H3. The van der Waals surface area contributed by atoms with Crippen LogP contribution >= 0.6 is 0 Å². The van der Waals surface area contributed by atoms with Gasteiger partial charge in [0.05, 0.1) is 6.61 Å². The third-order valence-electron chi connectivity index (χ3n) is 4.32. The van der Waals surface area contributed by atoms with Crippen LogP contribution in [0.1, 0.15) is 39.5 Å². The molecule has 3 heteroatoms. The first-order valence-corrected chi connectivity index (χ1v) is 7.80. The van der Waals surface area contributed by atoms with Gasteiger partial charge in [-0.05, 0) is 57.2 Å². The molecule has 0 aromatic carbocycles. The lowest BCUT2D eigenvalue weighted by Crippen LogP contribution is -2.42. The van der Waals surface area contributed by atoms with Crippen LogP contribution in [0.15, 0.2) is 0 Å². The molecule has 106 valence electrons. The number of hydrogen-bond acceptors (Lipinski definition) is 3. The molecule has 2 aliphatic rings. The molecule has 0 aromatic rings. The zero-order chi connectivity index (χ0) is 12.8. The summed E-state index contributed by atoms with van der Waals surface area (Å²) in [5, 5.41) is 3.47. The van der Waals surface area contributed by atoms with Crippen molar-refractivity contribution in [1.82, 2.24) is 10.2 Å². The number of hydrogen-bond donors (Lipinski definition) is 1. The van der Waals surface area contributed by atoms with Crippen LogP contribution in [0.25, 0.3) is 0 Å². The van der Waals surface area contributed by atoms with E-state index < -0.39 is 0 Å². The quantitative estimate of drug-likeness (QED) is 0.735. The highest BCUT2D eigenvalue weighted by Crippen LogP contribution is 2.29. The van der Waals surface area contributed by atoms with Crippen molar-refractivity contribution in [2.75, 3.05) is 39.4 Å². The van der Waals surface area contributed by atoms with E-state index in [4.69, 9.17) is 4.74 Å². The Morgan fingerprint density at radius 1 is 1.22 bits per heavy atom. The van der Waals surface area contributed by atoms with Gasteiger partial charge in [-0.2, -0.15) is 0 Å². The van der Waals surface area contributed by atoms with Gasteiger partial charge < -0.3 is 10.1 Å². The fraction of sp³-hybridized carbons (Fsp3) is 1.00. The third kappa shape index (κ3) is 4.22. The summed E-state index contributed by atoms with van der Waals surface area (Å²) in [7, 11) is 0. The Morgan fingerprint density at radius 2 is 2.00 bits per heavy atom. The number of ether oxygens (including phenoxy) is 1. The Balaban J connectivity index is 1.69. The van der Waals surface area contributed by atoms with E-state index >= 15 is 0 Å². The number of piperidine rings is 1. The molecule has 0 amide bonds. The molecule has 1 atom stereocenters. The Bertz CT molecular complexity index is 227. The van der Waals surface area contributed by atoms with Crippen LogP contribution in [0.4, 0.5) is 0 Å². The first kappa shape index (κ1) is 14.3. The van der Waals surface area contributed by atoms with E-state index in [1.165, 1.54) is 45.3 Å². The molecular weight excluding hydrogens is 224 g/mol. The summed E-state index contributed by atoms with van der Waals surface area (Å²) in [6, 6.07) is 0.842. The minimum Gasteiger partial charge on any atom is -0.380 e. The van der Waals surface area contributed by atoms with Crippen molar-refractivity contribution in [2.45, 2.75) is 45.6 Å². The highest BCUT2D eigenvalue weighted by atomic mass is 16.5. The van der Waals surface area contributed by atoms with Gasteiger partial charge in [-0.1, -0.05) is 13.8 Å². The van der Waals surface area contributed by atoms with Crippen molar-refractivity contribution < 1.29 is 4.74 Å². The van der Waals surface area contributed by atoms with Gasteiger partial charge in [-0.3, -0.25) is 4.90 Å². The molecule has 0 radical (unpaired) electrons. The first-order chi connectivity index (χ1) is 8.77. The van der Waals surface area contributed by atoms with Gasteiger partial charge >= 0.3 is 0 Å². The van der Waals surface area contributed by atoms with Crippen molar-refractivity contribution in [2.24, 2.45) is 11.8 Å². The van der Waals surface area contributed by atoms with E-state index in [2.05, 4.69) is 24.1 Å². The molecule has 2 aliphatic heterocycles. The Morgan fingerprint density at radius 3 is 2.72 bits per heavy atom. The topological polar surface area (TPSA) is 24.5 Å². The summed E-state index contributed by atoms with van der Waals surface area (Å²) >= 11 is 0. The van der Waals surface area contributed by atoms with Crippen molar-refractivity contribution in [3.05, 3.63) is 0 Å². The molecule has 1 N–H and O–H groups in total. The Kier molecular flexibility index (Phi) is 5.93. The number of nitrogens with zero attached hydrogens (tertiary/aromatic N) is 1. The zero-order valence-corrected chi connectivity index (χ0v) is 12.2. The first-order valence-electron chi connectivity index (χ1n) is 7.80. The molecule has 0 aromatic heterocycles. The molecule has 2 rings (SSSR count). The maximum absolute atomic E-state index is 5.74. The number of rotatable bonds is 6. The van der Waals surface area contributed by atoms with Crippen molar-refractivity contribution in [1.29, 1.82) is 0 Å². The molecule has 1 unspecified atom stereocenters. The molecule has 0 saturated carbocycles. The van der Waals surface area contributed by atoms with Crippen LogP contribution < -0.4 is 5.32 Å². The molecule has 2 fully saturated rings. The summed E-state index contributed by atoms with van der Waals surface area (Å²) in [5.74, 6) is 1.59.